The van der Waals surface area contributed by atoms with Crippen LogP contribution < -0.4 is 0 Å². The molecule has 0 bridgehead atoms. The lowest BCUT2D eigenvalue weighted by Crippen LogP contribution is -2.27. The van der Waals surface area contributed by atoms with E-state index in [1.54, 1.807) is 0 Å². The molecule has 1 saturated heterocycles. The molecule has 0 N–H and O–H groups in total. The van der Waals surface area contributed by atoms with E-state index in [2.05, 4.69) is 13.2 Å². The van der Waals surface area contributed by atoms with E-state index < -0.39 is 11.7 Å². The second kappa shape index (κ2) is 11.2. The van der Waals surface area contributed by atoms with Crippen LogP contribution in [0.25, 0.3) is 5.76 Å². The molecule has 0 aromatic heterocycles. The summed E-state index contributed by atoms with van der Waals surface area (Å²) in [4.78, 5) is 14.4. The van der Waals surface area contributed by atoms with Crippen LogP contribution >= 0.6 is 24.0 Å². The standard InChI is InChI=1S/C22H16F3NO2S2.C2H6/c1-14(28-15(2)17-10-6-7-11-18(17)22(23,24)25)12-19-20(27)26(21(29)30-19)13-16-8-4-3-5-9-16;1-2/h3-12H,1-2,13H2;1-2H3/b19-12-;. The fraction of sp³-hybridized carbons (Fsp3) is 0.167. The molecule has 0 spiro atoms. The van der Waals surface area contributed by atoms with Gasteiger partial charge in [0.2, 0.25) is 0 Å². The molecule has 0 saturated carbocycles. The first-order chi connectivity index (χ1) is 15.2. The summed E-state index contributed by atoms with van der Waals surface area (Å²) in [5.74, 6) is -0.555. The number of rotatable bonds is 6. The summed E-state index contributed by atoms with van der Waals surface area (Å²) >= 11 is 6.36. The zero-order valence-electron chi connectivity index (χ0n) is 17.6. The van der Waals surface area contributed by atoms with Crippen molar-refractivity contribution in [3.8, 4) is 0 Å². The van der Waals surface area contributed by atoms with E-state index in [4.69, 9.17) is 17.0 Å². The number of hydrogen-bond acceptors (Lipinski definition) is 4. The van der Waals surface area contributed by atoms with Gasteiger partial charge < -0.3 is 4.74 Å². The number of alkyl halides is 3. The molecular weight excluding hydrogens is 455 g/mol. The number of halogens is 3. The van der Waals surface area contributed by atoms with Gasteiger partial charge in [-0.3, -0.25) is 9.69 Å². The first kappa shape index (κ1) is 25.4. The number of allylic oxidation sites excluding steroid dienone is 1. The first-order valence-corrected chi connectivity index (χ1v) is 10.9. The fourth-order valence-electron chi connectivity index (χ4n) is 2.76. The Bertz CT molecular complexity index is 1050. The number of carbonyl (C=O) groups excluding carboxylic acids is 1. The van der Waals surface area contributed by atoms with Crippen molar-refractivity contribution < 1.29 is 22.7 Å². The Hall–Kier alpha value is -2.84. The summed E-state index contributed by atoms with van der Waals surface area (Å²) in [5.41, 5.74) is -0.143. The van der Waals surface area contributed by atoms with E-state index in [0.717, 1.165) is 23.4 Å². The summed E-state index contributed by atoms with van der Waals surface area (Å²) in [7, 11) is 0. The van der Waals surface area contributed by atoms with E-state index in [1.165, 1.54) is 29.2 Å². The Morgan fingerprint density at radius 2 is 1.69 bits per heavy atom. The minimum atomic E-state index is -4.55. The van der Waals surface area contributed by atoms with Gasteiger partial charge in [0, 0.05) is 5.56 Å². The summed E-state index contributed by atoms with van der Waals surface area (Å²) < 4.78 is 45.3. The van der Waals surface area contributed by atoms with Crippen molar-refractivity contribution >= 4 is 40.0 Å². The first-order valence-electron chi connectivity index (χ1n) is 9.68. The molecule has 8 heteroatoms. The lowest BCUT2D eigenvalue weighted by Gasteiger charge is -2.15. The Morgan fingerprint density at radius 1 is 1.09 bits per heavy atom. The van der Waals surface area contributed by atoms with Crippen molar-refractivity contribution in [3.63, 3.8) is 0 Å². The summed E-state index contributed by atoms with van der Waals surface area (Å²) in [6.45, 7) is 11.6. The number of amides is 1. The van der Waals surface area contributed by atoms with Crippen molar-refractivity contribution in [2.45, 2.75) is 26.6 Å². The van der Waals surface area contributed by atoms with Gasteiger partial charge in [-0.25, -0.2) is 0 Å². The van der Waals surface area contributed by atoms with E-state index in [-0.39, 0.29) is 27.9 Å². The highest BCUT2D eigenvalue weighted by Crippen LogP contribution is 2.36. The molecule has 3 rings (SSSR count). The van der Waals surface area contributed by atoms with Crippen molar-refractivity contribution in [2.24, 2.45) is 0 Å². The number of thiocarbonyl (C=S) groups is 1. The van der Waals surface area contributed by atoms with Crippen LogP contribution in [0.5, 0.6) is 0 Å². The Labute approximate surface area is 195 Å². The van der Waals surface area contributed by atoms with Crippen molar-refractivity contribution in [1.82, 2.24) is 4.90 Å². The molecule has 168 valence electrons. The number of ether oxygens (including phenoxy) is 1. The molecule has 1 aliphatic rings. The normalized spacial score (nSPS) is 14.8. The van der Waals surface area contributed by atoms with Crippen LogP contribution in [0.4, 0.5) is 13.2 Å². The average Bonchev–Trinajstić information content (AvgIpc) is 3.02. The summed E-state index contributed by atoms with van der Waals surface area (Å²) in [6, 6.07) is 14.3. The van der Waals surface area contributed by atoms with Crippen molar-refractivity contribution in [1.29, 1.82) is 0 Å². The maximum Gasteiger partial charge on any atom is 0.417 e. The predicted octanol–water partition coefficient (Wildman–Crippen LogP) is 7.18. The number of carbonyl (C=O) groups is 1. The molecule has 1 aliphatic heterocycles. The Balaban J connectivity index is 0.00000176. The van der Waals surface area contributed by atoms with E-state index >= 15 is 0 Å². The average molecular weight is 478 g/mol. The monoisotopic (exact) mass is 477 g/mol. The van der Waals surface area contributed by atoms with Crippen molar-refractivity contribution in [2.75, 3.05) is 0 Å². The lowest BCUT2D eigenvalue weighted by atomic mass is 10.1. The molecule has 2 aromatic rings. The van der Waals surface area contributed by atoms with Crippen LogP contribution in [0.2, 0.25) is 0 Å². The van der Waals surface area contributed by atoms with Crippen molar-refractivity contribution in [3.05, 3.63) is 101 Å². The minimum Gasteiger partial charge on any atom is -0.458 e. The molecule has 3 nitrogen and oxygen atoms in total. The Morgan fingerprint density at radius 3 is 2.31 bits per heavy atom. The summed E-state index contributed by atoms with van der Waals surface area (Å²) in [5, 5.41) is 0. The molecule has 0 unspecified atom stereocenters. The van der Waals surface area contributed by atoms with Crippen LogP contribution in [-0.2, 0) is 22.3 Å². The molecule has 0 radical (unpaired) electrons. The van der Waals surface area contributed by atoms with Crippen LogP contribution in [0.3, 0.4) is 0 Å². The van der Waals surface area contributed by atoms with Crippen LogP contribution in [0, 0.1) is 0 Å². The highest BCUT2D eigenvalue weighted by atomic mass is 32.2. The molecule has 0 atom stereocenters. The lowest BCUT2D eigenvalue weighted by molar-refractivity contribution is -0.137. The number of benzene rings is 2. The van der Waals surface area contributed by atoms with Crippen LogP contribution in [0.1, 0.15) is 30.5 Å². The minimum absolute atomic E-state index is 0.0165. The molecule has 32 heavy (non-hydrogen) atoms. The topological polar surface area (TPSA) is 29.5 Å². The van der Waals surface area contributed by atoms with Gasteiger partial charge in [0.05, 0.1) is 17.0 Å². The maximum absolute atomic E-state index is 13.2. The van der Waals surface area contributed by atoms with Crippen LogP contribution in [-0.4, -0.2) is 15.1 Å². The van der Waals surface area contributed by atoms with Gasteiger partial charge in [-0.1, -0.05) is 99.5 Å². The van der Waals surface area contributed by atoms with E-state index in [9.17, 15) is 18.0 Å². The molecule has 2 aromatic carbocycles. The summed E-state index contributed by atoms with van der Waals surface area (Å²) in [6.07, 6.45) is -3.20. The number of hydrogen-bond donors (Lipinski definition) is 0. The van der Waals surface area contributed by atoms with Gasteiger partial charge >= 0.3 is 6.18 Å². The third-order valence-electron chi connectivity index (χ3n) is 4.14. The molecular formula is C24H22F3NO2S2. The molecule has 1 heterocycles. The van der Waals surface area contributed by atoms with Gasteiger partial charge in [0.1, 0.15) is 15.8 Å². The van der Waals surface area contributed by atoms with Gasteiger partial charge in [0.15, 0.2) is 0 Å². The van der Waals surface area contributed by atoms with E-state index in [1.807, 2.05) is 44.2 Å². The Kier molecular flexibility index (Phi) is 8.86. The highest BCUT2D eigenvalue weighted by molar-refractivity contribution is 8.26. The third kappa shape index (κ3) is 6.34. The highest BCUT2D eigenvalue weighted by Gasteiger charge is 2.34. The zero-order valence-corrected chi connectivity index (χ0v) is 19.2. The molecule has 0 aliphatic carbocycles. The quantitative estimate of drug-likeness (QED) is 0.250. The van der Waals surface area contributed by atoms with Gasteiger partial charge in [-0.15, -0.1) is 0 Å². The number of thioether (sulfide) groups is 1. The fourth-order valence-corrected chi connectivity index (χ4v) is 4.02. The van der Waals surface area contributed by atoms with Gasteiger partial charge in [0.25, 0.3) is 5.91 Å². The molecule has 1 amide bonds. The van der Waals surface area contributed by atoms with Gasteiger partial charge in [-0.05, 0) is 17.7 Å². The second-order valence-electron chi connectivity index (χ2n) is 6.29. The van der Waals surface area contributed by atoms with Crippen LogP contribution in [0.15, 0.2) is 84.5 Å². The SMILES string of the molecule is C=C(/C=C1\SC(=S)N(Cc2ccccc2)C1=O)OC(=C)c1ccccc1C(F)(F)F.CC. The zero-order chi connectivity index (χ0) is 23.9. The maximum atomic E-state index is 13.2. The predicted molar refractivity (Wildman–Crippen MR) is 127 cm³/mol. The third-order valence-corrected chi connectivity index (χ3v) is 5.51. The largest absolute Gasteiger partial charge is 0.458 e. The van der Waals surface area contributed by atoms with Gasteiger partial charge in [-0.2, -0.15) is 13.2 Å². The smallest absolute Gasteiger partial charge is 0.417 e. The van der Waals surface area contributed by atoms with E-state index in [0.29, 0.717) is 10.9 Å². The molecule has 1 fully saturated rings. The number of nitrogens with zero attached hydrogens (tertiary/aromatic N) is 1. The second-order valence-corrected chi connectivity index (χ2v) is 7.96.